The highest BCUT2D eigenvalue weighted by atomic mass is 16.4. The minimum atomic E-state index is -1.49. The van der Waals surface area contributed by atoms with Crippen molar-refractivity contribution in [1.82, 2.24) is 15.6 Å². The highest BCUT2D eigenvalue weighted by Gasteiger charge is 2.28. The quantitative estimate of drug-likeness (QED) is 0.313. The second-order valence-electron chi connectivity index (χ2n) is 5.96. The molecular weight excluding hydrogens is 354 g/mol. The first kappa shape index (κ1) is 19.9. The number of hydrogen-bond acceptors (Lipinski definition) is 5. The van der Waals surface area contributed by atoms with Gasteiger partial charge in [0.25, 0.3) is 0 Å². The van der Waals surface area contributed by atoms with E-state index in [0.717, 1.165) is 16.5 Å². The van der Waals surface area contributed by atoms with Crippen molar-refractivity contribution < 1.29 is 24.3 Å². The molecule has 144 valence electrons. The van der Waals surface area contributed by atoms with Gasteiger partial charge in [-0.15, -0.1) is 0 Å². The molecule has 1 aromatic heterocycles. The van der Waals surface area contributed by atoms with Gasteiger partial charge in [-0.25, -0.2) is 4.79 Å². The largest absolute Gasteiger partial charge is 0.480 e. The summed E-state index contributed by atoms with van der Waals surface area (Å²) >= 11 is 0. The number of hydrogen-bond donors (Lipinski definition) is 6. The second-order valence-corrected chi connectivity index (χ2v) is 5.96. The molecule has 0 fully saturated rings. The fourth-order valence-corrected chi connectivity index (χ4v) is 2.66. The normalized spacial score (nSPS) is 12.9. The fraction of sp³-hybridized carbons (Fsp3) is 0.294. The summed E-state index contributed by atoms with van der Waals surface area (Å²) < 4.78 is 0. The lowest BCUT2D eigenvalue weighted by Crippen LogP contribution is -2.54. The smallest absolute Gasteiger partial charge is 0.326 e. The number of benzene rings is 1. The first-order valence-electron chi connectivity index (χ1n) is 8.17. The summed E-state index contributed by atoms with van der Waals surface area (Å²) in [5.74, 6) is -3.60. The Morgan fingerprint density at radius 1 is 1.11 bits per heavy atom. The van der Waals surface area contributed by atoms with Gasteiger partial charge in [0, 0.05) is 23.5 Å². The number of carbonyl (C=O) groups excluding carboxylic acids is 3. The van der Waals surface area contributed by atoms with Gasteiger partial charge in [-0.2, -0.15) is 0 Å². The third kappa shape index (κ3) is 5.28. The van der Waals surface area contributed by atoms with Crippen molar-refractivity contribution in [3.63, 3.8) is 0 Å². The minimum absolute atomic E-state index is 0.102. The maximum Gasteiger partial charge on any atom is 0.326 e. The molecule has 3 amide bonds. The summed E-state index contributed by atoms with van der Waals surface area (Å²) in [7, 11) is 0. The number of carboxylic acids is 1. The fourth-order valence-electron chi connectivity index (χ4n) is 2.66. The van der Waals surface area contributed by atoms with Crippen LogP contribution in [0.15, 0.2) is 30.5 Å². The molecule has 0 aliphatic heterocycles. The zero-order valence-electron chi connectivity index (χ0n) is 14.4. The first-order chi connectivity index (χ1) is 12.8. The van der Waals surface area contributed by atoms with Gasteiger partial charge in [-0.05, 0) is 11.6 Å². The lowest BCUT2D eigenvalue weighted by molar-refractivity contribution is -0.143. The predicted octanol–water partition coefficient (Wildman–Crippen LogP) is -1.40. The number of aromatic amines is 1. The molecule has 1 heterocycles. The van der Waals surface area contributed by atoms with Crippen molar-refractivity contribution in [2.24, 2.45) is 11.5 Å². The molecular formula is C17H21N5O5. The molecule has 27 heavy (non-hydrogen) atoms. The summed E-state index contributed by atoms with van der Waals surface area (Å²) in [6.45, 7) is -0.332. The molecule has 8 N–H and O–H groups in total. The number of carbonyl (C=O) groups is 4. The van der Waals surface area contributed by atoms with Crippen LogP contribution in [0.4, 0.5) is 0 Å². The maximum atomic E-state index is 12.6. The number of para-hydroxylation sites is 1. The SMILES string of the molecule is NCC(=O)NC(Cc1c[nH]c2ccccc12)C(=O)NC(CC(N)=O)C(=O)O. The topological polar surface area (TPSA) is 180 Å². The van der Waals surface area contributed by atoms with Crippen LogP contribution >= 0.6 is 0 Å². The van der Waals surface area contributed by atoms with Crippen LogP contribution in [-0.2, 0) is 25.6 Å². The summed E-state index contributed by atoms with van der Waals surface area (Å²) in [6, 6.07) is 4.84. The number of nitrogens with one attached hydrogen (secondary N) is 3. The van der Waals surface area contributed by atoms with Crippen molar-refractivity contribution in [3.05, 3.63) is 36.0 Å². The van der Waals surface area contributed by atoms with Gasteiger partial charge >= 0.3 is 5.97 Å². The standard InChI is InChI=1S/C17H21N5O5/c18-7-15(24)21-12(16(25)22-13(17(26)27)6-14(19)23)5-9-8-20-11-4-2-1-3-10(9)11/h1-4,8,12-13,20H,5-7,18H2,(H2,19,23)(H,21,24)(H,22,25)(H,26,27). The molecule has 2 atom stereocenters. The van der Waals surface area contributed by atoms with E-state index in [1.165, 1.54) is 0 Å². The van der Waals surface area contributed by atoms with Crippen molar-refractivity contribution >= 4 is 34.6 Å². The number of amides is 3. The summed E-state index contributed by atoms with van der Waals surface area (Å²) in [4.78, 5) is 49.6. The Hall–Kier alpha value is -3.40. The Labute approximate surface area is 154 Å². The molecule has 0 radical (unpaired) electrons. The van der Waals surface area contributed by atoms with Gasteiger partial charge in [0.05, 0.1) is 13.0 Å². The van der Waals surface area contributed by atoms with Crippen molar-refractivity contribution in [1.29, 1.82) is 0 Å². The number of aromatic nitrogens is 1. The van der Waals surface area contributed by atoms with Crippen LogP contribution in [0.1, 0.15) is 12.0 Å². The van der Waals surface area contributed by atoms with E-state index in [1.807, 2.05) is 24.3 Å². The number of nitrogens with two attached hydrogens (primary N) is 2. The molecule has 0 saturated heterocycles. The van der Waals surface area contributed by atoms with Crippen molar-refractivity contribution in [3.8, 4) is 0 Å². The van der Waals surface area contributed by atoms with Gasteiger partial charge < -0.3 is 32.2 Å². The molecule has 10 nitrogen and oxygen atoms in total. The van der Waals surface area contributed by atoms with E-state index in [1.54, 1.807) is 6.20 Å². The third-order valence-electron chi connectivity index (χ3n) is 3.96. The number of carboxylic acid groups (broad SMARTS) is 1. The molecule has 0 saturated carbocycles. The number of H-pyrrole nitrogens is 1. The summed E-state index contributed by atoms with van der Waals surface area (Å²) in [6.07, 6.45) is 1.24. The Balaban J connectivity index is 2.22. The van der Waals surface area contributed by atoms with Crippen molar-refractivity contribution in [2.75, 3.05) is 6.54 Å². The Kier molecular flexibility index (Phi) is 6.50. The highest BCUT2D eigenvalue weighted by molar-refractivity contribution is 5.93. The predicted molar refractivity (Wildman–Crippen MR) is 96.4 cm³/mol. The van der Waals surface area contributed by atoms with Crippen LogP contribution in [0.25, 0.3) is 10.9 Å². The molecule has 10 heteroatoms. The highest BCUT2D eigenvalue weighted by Crippen LogP contribution is 2.19. The average Bonchev–Trinajstić information content (AvgIpc) is 3.03. The first-order valence-corrected chi connectivity index (χ1v) is 8.17. The monoisotopic (exact) mass is 375 g/mol. The summed E-state index contributed by atoms with van der Waals surface area (Å²) in [5, 5.41) is 14.7. The zero-order chi connectivity index (χ0) is 20.0. The Morgan fingerprint density at radius 3 is 2.44 bits per heavy atom. The van der Waals surface area contributed by atoms with Crippen LogP contribution in [0.3, 0.4) is 0 Å². The number of rotatable bonds is 9. The van der Waals surface area contributed by atoms with Gasteiger partial charge in [0.1, 0.15) is 12.1 Å². The van der Waals surface area contributed by atoms with Crippen LogP contribution in [-0.4, -0.2) is 52.4 Å². The maximum absolute atomic E-state index is 12.6. The number of aliphatic carboxylic acids is 1. The second kappa shape index (κ2) is 8.81. The number of fused-ring (bicyclic) bond motifs is 1. The molecule has 2 rings (SSSR count). The molecule has 2 unspecified atom stereocenters. The minimum Gasteiger partial charge on any atom is -0.480 e. The van der Waals surface area contributed by atoms with Gasteiger partial charge in [0.15, 0.2) is 0 Å². The van der Waals surface area contributed by atoms with Crippen LogP contribution in [0, 0.1) is 0 Å². The van der Waals surface area contributed by atoms with Gasteiger partial charge in [-0.3, -0.25) is 14.4 Å². The van der Waals surface area contributed by atoms with E-state index in [9.17, 15) is 19.2 Å². The van der Waals surface area contributed by atoms with Crippen LogP contribution in [0.2, 0.25) is 0 Å². The Morgan fingerprint density at radius 2 is 1.81 bits per heavy atom. The molecule has 0 aliphatic carbocycles. The zero-order valence-corrected chi connectivity index (χ0v) is 14.4. The van der Waals surface area contributed by atoms with Gasteiger partial charge in [0.2, 0.25) is 17.7 Å². The number of primary amides is 1. The van der Waals surface area contributed by atoms with Crippen LogP contribution in [0.5, 0.6) is 0 Å². The average molecular weight is 375 g/mol. The summed E-state index contributed by atoms with van der Waals surface area (Å²) in [5.41, 5.74) is 11.9. The molecule has 2 aromatic rings. The van der Waals surface area contributed by atoms with E-state index in [-0.39, 0.29) is 13.0 Å². The van der Waals surface area contributed by atoms with E-state index in [0.29, 0.717) is 0 Å². The van der Waals surface area contributed by atoms with E-state index in [4.69, 9.17) is 16.6 Å². The van der Waals surface area contributed by atoms with Gasteiger partial charge in [-0.1, -0.05) is 18.2 Å². The van der Waals surface area contributed by atoms with E-state index >= 15 is 0 Å². The molecule has 0 aliphatic rings. The lowest BCUT2D eigenvalue weighted by atomic mass is 10.0. The van der Waals surface area contributed by atoms with E-state index in [2.05, 4.69) is 15.6 Å². The van der Waals surface area contributed by atoms with E-state index < -0.39 is 42.2 Å². The molecule has 1 aromatic carbocycles. The van der Waals surface area contributed by atoms with Crippen molar-refractivity contribution in [2.45, 2.75) is 24.9 Å². The van der Waals surface area contributed by atoms with Crippen LogP contribution < -0.4 is 22.1 Å². The Bertz CT molecular complexity index is 862. The third-order valence-corrected chi connectivity index (χ3v) is 3.96. The lowest BCUT2D eigenvalue weighted by Gasteiger charge is -2.20. The molecule has 0 bridgehead atoms. The molecule has 0 spiro atoms.